The Labute approximate surface area is 231 Å². The maximum Gasteiger partial charge on any atom is 0.416 e. The lowest BCUT2D eigenvalue weighted by Crippen LogP contribution is -2.51. The van der Waals surface area contributed by atoms with Crippen molar-refractivity contribution in [3.8, 4) is 5.75 Å². The molecule has 12 heteroatoms. The molecule has 0 heterocycles. The molecule has 0 unspecified atom stereocenters. The topological polar surface area (TPSA) is 96.0 Å². The van der Waals surface area contributed by atoms with E-state index in [0.717, 1.165) is 12.1 Å². The summed E-state index contributed by atoms with van der Waals surface area (Å²) >= 11 is 0. The summed E-state index contributed by atoms with van der Waals surface area (Å²) in [5.74, 6) is -0.762. The summed E-state index contributed by atoms with van der Waals surface area (Å²) in [4.78, 5) is 27.5. The van der Waals surface area contributed by atoms with E-state index in [1.165, 1.54) is 49.3 Å². The molecule has 0 aliphatic rings. The SMILES string of the molecule is CCNC(=O)[C@@H](C)N(Cc1cccc(OC)c1)C(=O)CN(c1cccc(C(F)(F)F)c1)S(=O)(=O)c1ccccc1. The van der Waals surface area contributed by atoms with Crippen molar-refractivity contribution in [1.82, 2.24) is 10.2 Å². The van der Waals surface area contributed by atoms with Crippen molar-refractivity contribution >= 4 is 27.5 Å². The molecule has 0 bridgehead atoms. The number of rotatable bonds is 11. The summed E-state index contributed by atoms with van der Waals surface area (Å²) in [7, 11) is -3.01. The standard InChI is InChI=1S/C28H30F3N3O5S/c1-4-32-27(36)20(2)33(18-21-10-8-13-24(16-21)39-3)26(35)19-34(40(37,38)25-14-6-5-7-15-25)23-12-9-11-22(17-23)28(29,30)31/h5-17,20H,4,18-19H2,1-3H3,(H,32,36)/t20-/m1/s1. The van der Waals surface area contributed by atoms with E-state index >= 15 is 0 Å². The molecule has 3 aromatic rings. The number of anilines is 1. The number of amides is 2. The maximum atomic E-state index is 13.8. The number of carbonyl (C=O) groups excluding carboxylic acids is 2. The number of benzene rings is 3. The number of nitrogens with one attached hydrogen (secondary N) is 1. The minimum Gasteiger partial charge on any atom is -0.497 e. The summed E-state index contributed by atoms with van der Waals surface area (Å²) in [6.45, 7) is 2.55. The first-order chi connectivity index (χ1) is 18.9. The first-order valence-corrected chi connectivity index (χ1v) is 13.8. The fourth-order valence-corrected chi connectivity index (χ4v) is 5.38. The molecule has 1 atom stereocenters. The van der Waals surface area contributed by atoms with E-state index in [1.807, 2.05) is 0 Å². The molecule has 2 amide bonds. The van der Waals surface area contributed by atoms with Gasteiger partial charge in [-0.3, -0.25) is 13.9 Å². The van der Waals surface area contributed by atoms with E-state index in [9.17, 15) is 31.2 Å². The molecular weight excluding hydrogens is 547 g/mol. The third kappa shape index (κ3) is 7.32. The molecule has 40 heavy (non-hydrogen) atoms. The molecule has 3 rings (SSSR count). The highest BCUT2D eigenvalue weighted by atomic mass is 32.2. The molecule has 8 nitrogen and oxygen atoms in total. The Morgan fingerprint density at radius 1 is 0.975 bits per heavy atom. The van der Waals surface area contributed by atoms with Crippen molar-refractivity contribution in [3.63, 3.8) is 0 Å². The number of halogens is 3. The Bertz CT molecular complexity index is 1430. The molecule has 214 valence electrons. The van der Waals surface area contributed by atoms with E-state index in [-0.39, 0.29) is 17.1 Å². The maximum absolute atomic E-state index is 13.8. The first-order valence-electron chi connectivity index (χ1n) is 12.3. The van der Waals surface area contributed by atoms with Crippen LogP contribution >= 0.6 is 0 Å². The van der Waals surface area contributed by atoms with E-state index in [1.54, 1.807) is 37.3 Å². The fourth-order valence-electron chi connectivity index (χ4n) is 3.96. The number of carbonyl (C=O) groups is 2. The Morgan fingerprint density at radius 3 is 2.27 bits per heavy atom. The number of hydrogen-bond donors (Lipinski definition) is 1. The van der Waals surface area contributed by atoms with Crippen LogP contribution in [0.3, 0.4) is 0 Å². The van der Waals surface area contributed by atoms with Crippen LogP contribution < -0.4 is 14.4 Å². The summed E-state index contributed by atoms with van der Waals surface area (Å²) in [6.07, 6.45) is -4.74. The van der Waals surface area contributed by atoms with E-state index in [2.05, 4.69) is 5.32 Å². The molecule has 0 saturated carbocycles. The van der Waals surface area contributed by atoms with Crippen LogP contribution in [0.15, 0.2) is 83.8 Å². The van der Waals surface area contributed by atoms with Crippen LogP contribution in [0.5, 0.6) is 5.75 Å². The molecule has 3 aromatic carbocycles. The smallest absolute Gasteiger partial charge is 0.416 e. The predicted octanol–water partition coefficient (Wildman–Crippen LogP) is 4.46. The van der Waals surface area contributed by atoms with Crippen LogP contribution in [0.2, 0.25) is 0 Å². The predicted molar refractivity (Wildman–Crippen MR) is 144 cm³/mol. The van der Waals surface area contributed by atoms with Gasteiger partial charge in [0.1, 0.15) is 18.3 Å². The summed E-state index contributed by atoms with van der Waals surface area (Å²) in [5, 5.41) is 2.64. The number of nitrogens with zero attached hydrogens (tertiary/aromatic N) is 2. The second-order valence-corrected chi connectivity index (χ2v) is 10.7. The number of sulfonamides is 1. The van der Waals surface area contributed by atoms with Gasteiger partial charge in [0.2, 0.25) is 11.8 Å². The molecular formula is C28H30F3N3O5S. The number of methoxy groups -OCH3 is 1. The minimum atomic E-state index is -4.74. The zero-order valence-electron chi connectivity index (χ0n) is 22.2. The van der Waals surface area contributed by atoms with Crippen LogP contribution in [0.4, 0.5) is 18.9 Å². The van der Waals surface area contributed by atoms with Crippen molar-refractivity contribution in [1.29, 1.82) is 0 Å². The molecule has 1 N–H and O–H groups in total. The van der Waals surface area contributed by atoms with Crippen molar-refractivity contribution in [2.24, 2.45) is 0 Å². The van der Waals surface area contributed by atoms with Gasteiger partial charge in [0.15, 0.2) is 0 Å². The van der Waals surface area contributed by atoms with Crippen LogP contribution in [0.25, 0.3) is 0 Å². The number of alkyl halides is 3. The van der Waals surface area contributed by atoms with Gasteiger partial charge in [-0.2, -0.15) is 13.2 Å². The fraction of sp³-hybridized carbons (Fsp3) is 0.286. The van der Waals surface area contributed by atoms with Gasteiger partial charge < -0.3 is 15.0 Å². The van der Waals surface area contributed by atoms with Gasteiger partial charge >= 0.3 is 6.18 Å². The summed E-state index contributed by atoms with van der Waals surface area (Å²) in [6, 6.07) is 16.6. The van der Waals surface area contributed by atoms with Gasteiger partial charge in [-0.1, -0.05) is 36.4 Å². The van der Waals surface area contributed by atoms with E-state index in [0.29, 0.717) is 28.2 Å². The van der Waals surface area contributed by atoms with Gasteiger partial charge in [0.25, 0.3) is 10.0 Å². The Hall–Kier alpha value is -4.06. The third-order valence-corrected chi connectivity index (χ3v) is 7.86. The normalized spacial score (nSPS) is 12.3. The quantitative estimate of drug-likeness (QED) is 0.363. The molecule has 0 aliphatic heterocycles. The molecule has 0 spiro atoms. The zero-order chi connectivity index (χ0) is 29.5. The van der Waals surface area contributed by atoms with Crippen LogP contribution in [0.1, 0.15) is 25.0 Å². The van der Waals surface area contributed by atoms with Crippen molar-refractivity contribution in [2.75, 3.05) is 24.5 Å². The largest absolute Gasteiger partial charge is 0.497 e. The Balaban J connectivity index is 2.08. The van der Waals surface area contributed by atoms with Crippen LogP contribution in [-0.4, -0.2) is 51.4 Å². The Kier molecular flexibility index (Phi) is 9.80. The molecule has 0 radical (unpaired) electrons. The third-order valence-electron chi connectivity index (χ3n) is 6.08. The summed E-state index contributed by atoms with van der Waals surface area (Å²) < 4.78 is 73.8. The van der Waals surface area contributed by atoms with Gasteiger partial charge in [-0.15, -0.1) is 0 Å². The number of likely N-dealkylation sites (N-methyl/N-ethyl adjacent to an activating group) is 1. The molecule has 0 fully saturated rings. The number of hydrogen-bond acceptors (Lipinski definition) is 5. The molecule has 0 saturated heterocycles. The van der Waals surface area contributed by atoms with Crippen molar-refractivity contribution in [2.45, 2.75) is 37.5 Å². The minimum absolute atomic E-state index is 0.0872. The van der Waals surface area contributed by atoms with E-state index < -0.39 is 46.2 Å². The average Bonchev–Trinajstić information content (AvgIpc) is 2.94. The first kappa shape index (κ1) is 30.5. The summed E-state index contributed by atoms with van der Waals surface area (Å²) in [5.41, 5.74) is -0.825. The second-order valence-electron chi connectivity index (χ2n) is 8.82. The van der Waals surface area contributed by atoms with E-state index in [4.69, 9.17) is 4.74 Å². The highest BCUT2D eigenvalue weighted by Crippen LogP contribution is 2.33. The highest BCUT2D eigenvalue weighted by Gasteiger charge is 2.35. The monoisotopic (exact) mass is 577 g/mol. The lowest BCUT2D eigenvalue weighted by Gasteiger charge is -2.32. The zero-order valence-corrected chi connectivity index (χ0v) is 23.0. The second kappa shape index (κ2) is 12.9. The Morgan fingerprint density at radius 2 is 1.65 bits per heavy atom. The van der Waals surface area contributed by atoms with Gasteiger partial charge in [-0.25, -0.2) is 8.42 Å². The van der Waals surface area contributed by atoms with Crippen LogP contribution in [0, 0.1) is 0 Å². The van der Waals surface area contributed by atoms with Gasteiger partial charge in [0, 0.05) is 13.1 Å². The molecule has 0 aromatic heterocycles. The average molecular weight is 578 g/mol. The van der Waals surface area contributed by atoms with Crippen LogP contribution in [-0.2, 0) is 32.3 Å². The van der Waals surface area contributed by atoms with Gasteiger partial charge in [0.05, 0.1) is 23.3 Å². The van der Waals surface area contributed by atoms with Gasteiger partial charge in [-0.05, 0) is 61.9 Å². The number of ether oxygens (including phenoxy) is 1. The van der Waals surface area contributed by atoms with Crippen molar-refractivity contribution in [3.05, 3.63) is 90.0 Å². The lowest BCUT2D eigenvalue weighted by molar-refractivity contribution is -0.139. The van der Waals surface area contributed by atoms with Crippen molar-refractivity contribution < 1.29 is 35.9 Å². The highest BCUT2D eigenvalue weighted by molar-refractivity contribution is 7.92. The molecule has 0 aliphatic carbocycles. The lowest BCUT2D eigenvalue weighted by atomic mass is 10.1.